The van der Waals surface area contributed by atoms with Crippen molar-refractivity contribution in [2.24, 2.45) is 0 Å². The van der Waals surface area contributed by atoms with Gasteiger partial charge < -0.3 is 5.32 Å². The molecule has 21 heavy (non-hydrogen) atoms. The minimum atomic E-state index is -4.00. The topological polar surface area (TPSA) is 86.8 Å². The van der Waals surface area contributed by atoms with Crippen LogP contribution in [0.1, 0.15) is 13.3 Å². The minimum Gasteiger partial charge on any atom is -0.355 e. The van der Waals surface area contributed by atoms with E-state index in [9.17, 15) is 18.0 Å². The molecule has 2 rings (SSSR count). The predicted octanol–water partition coefficient (Wildman–Crippen LogP) is 0.773. The first-order valence-corrected chi connectivity index (χ1v) is 7.99. The number of urea groups is 1. The first kappa shape index (κ1) is 15.3. The van der Waals surface area contributed by atoms with E-state index < -0.39 is 28.5 Å². The smallest absolute Gasteiger partial charge is 0.338 e. The molecule has 1 aliphatic heterocycles. The molecule has 7 nitrogen and oxygen atoms in total. The van der Waals surface area contributed by atoms with Gasteiger partial charge in [0.2, 0.25) is 5.91 Å². The summed E-state index contributed by atoms with van der Waals surface area (Å²) in [6.45, 7) is 1.81. The van der Waals surface area contributed by atoms with Crippen molar-refractivity contribution in [3.8, 4) is 0 Å². The molecule has 0 saturated heterocycles. The van der Waals surface area contributed by atoms with Crippen molar-refractivity contribution in [2.45, 2.75) is 18.2 Å². The van der Waals surface area contributed by atoms with E-state index in [0.717, 1.165) is 6.42 Å². The van der Waals surface area contributed by atoms with Crippen LogP contribution in [0, 0.1) is 0 Å². The first-order valence-electron chi connectivity index (χ1n) is 6.55. The molecular formula is C13H17N3O4S. The average Bonchev–Trinajstić information content (AvgIpc) is 2.47. The number of hydrogen-bond donors (Lipinski definition) is 1. The third-order valence-electron chi connectivity index (χ3n) is 3.15. The summed E-state index contributed by atoms with van der Waals surface area (Å²) in [4.78, 5) is 25.2. The van der Waals surface area contributed by atoms with Gasteiger partial charge in [-0.3, -0.25) is 9.69 Å². The Bertz CT molecular complexity index is 672. The zero-order chi connectivity index (χ0) is 15.6. The van der Waals surface area contributed by atoms with Crippen LogP contribution < -0.4 is 10.2 Å². The van der Waals surface area contributed by atoms with Gasteiger partial charge in [-0.05, 0) is 18.6 Å². The molecule has 1 N–H and O–H groups in total. The van der Waals surface area contributed by atoms with Gasteiger partial charge in [-0.15, -0.1) is 0 Å². The summed E-state index contributed by atoms with van der Waals surface area (Å²) in [7, 11) is -2.52. The second-order valence-electron chi connectivity index (χ2n) is 4.67. The van der Waals surface area contributed by atoms with E-state index in [-0.39, 0.29) is 4.90 Å². The lowest BCUT2D eigenvalue weighted by Gasteiger charge is -2.33. The number of benzene rings is 1. The molecule has 0 unspecified atom stereocenters. The van der Waals surface area contributed by atoms with Crippen LogP contribution in [-0.2, 0) is 14.8 Å². The quantitative estimate of drug-likeness (QED) is 0.890. The van der Waals surface area contributed by atoms with Gasteiger partial charge in [-0.25, -0.2) is 17.5 Å². The molecule has 0 radical (unpaired) electrons. The lowest BCUT2D eigenvalue weighted by atomic mass is 10.3. The largest absolute Gasteiger partial charge is 0.355 e. The number of hydrogen-bond acceptors (Lipinski definition) is 4. The number of anilines is 1. The Morgan fingerprint density at radius 2 is 1.95 bits per heavy atom. The molecule has 0 atom stereocenters. The molecule has 1 aromatic carbocycles. The Balaban J connectivity index is 2.36. The molecule has 8 heteroatoms. The highest BCUT2D eigenvalue weighted by Gasteiger charge is 2.40. The van der Waals surface area contributed by atoms with Crippen LogP contribution in [0.4, 0.5) is 10.5 Å². The number of para-hydroxylation sites is 1. The standard InChI is InChI=1S/C13H17N3O4S/c1-3-8-14-12(17)9-16-13(18)15(2)10-6-4-5-7-11(10)21(16,19)20/h4-7H,3,8-9H2,1-2H3,(H,14,17). The maximum Gasteiger partial charge on any atom is 0.338 e. The fourth-order valence-corrected chi connectivity index (χ4v) is 3.62. The second-order valence-corrected chi connectivity index (χ2v) is 6.50. The Labute approximate surface area is 123 Å². The van der Waals surface area contributed by atoms with Gasteiger partial charge >= 0.3 is 6.03 Å². The Hall–Kier alpha value is -2.09. The maximum atomic E-state index is 12.5. The van der Waals surface area contributed by atoms with Crippen molar-refractivity contribution in [1.29, 1.82) is 0 Å². The molecule has 3 amide bonds. The van der Waals surface area contributed by atoms with Gasteiger partial charge in [0.25, 0.3) is 10.0 Å². The monoisotopic (exact) mass is 311 g/mol. The van der Waals surface area contributed by atoms with Crippen molar-refractivity contribution in [3.05, 3.63) is 24.3 Å². The van der Waals surface area contributed by atoms with Crippen LogP contribution in [0.3, 0.4) is 0 Å². The van der Waals surface area contributed by atoms with Gasteiger partial charge in [-0.2, -0.15) is 0 Å². The summed E-state index contributed by atoms with van der Waals surface area (Å²) in [5.74, 6) is -0.499. The molecule has 1 aliphatic rings. The van der Waals surface area contributed by atoms with E-state index in [1.807, 2.05) is 6.92 Å². The Morgan fingerprint density at radius 1 is 1.29 bits per heavy atom. The molecule has 1 heterocycles. The van der Waals surface area contributed by atoms with Gasteiger partial charge in [0.15, 0.2) is 0 Å². The second kappa shape index (κ2) is 5.72. The molecule has 0 spiro atoms. The number of amides is 3. The third kappa shape index (κ3) is 2.71. The number of fused-ring (bicyclic) bond motifs is 1. The highest BCUT2D eigenvalue weighted by Crippen LogP contribution is 2.32. The van der Waals surface area contributed by atoms with Gasteiger partial charge in [0.05, 0.1) is 5.69 Å². The van der Waals surface area contributed by atoms with E-state index in [4.69, 9.17) is 0 Å². The van der Waals surface area contributed by atoms with E-state index in [1.165, 1.54) is 18.0 Å². The van der Waals surface area contributed by atoms with Crippen molar-refractivity contribution < 1.29 is 18.0 Å². The van der Waals surface area contributed by atoms with Crippen molar-refractivity contribution in [2.75, 3.05) is 25.0 Å². The zero-order valence-corrected chi connectivity index (χ0v) is 12.7. The molecule has 0 bridgehead atoms. The van der Waals surface area contributed by atoms with Crippen molar-refractivity contribution in [3.63, 3.8) is 0 Å². The highest BCUT2D eigenvalue weighted by atomic mass is 32.2. The van der Waals surface area contributed by atoms with Gasteiger partial charge in [-0.1, -0.05) is 19.1 Å². The lowest BCUT2D eigenvalue weighted by Crippen LogP contribution is -2.52. The van der Waals surface area contributed by atoms with E-state index in [2.05, 4.69) is 5.32 Å². The Kier molecular flexibility index (Phi) is 4.17. The van der Waals surface area contributed by atoms with Crippen molar-refractivity contribution in [1.82, 2.24) is 9.62 Å². The summed E-state index contributed by atoms with van der Waals surface area (Å²) in [5.41, 5.74) is 0.313. The van der Waals surface area contributed by atoms with Crippen LogP contribution >= 0.6 is 0 Å². The summed E-state index contributed by atoms with van der Waals surface area (Å²) in [6.07, 6.45) is 0.731. The normalized spacial score (nSPS) is 16.6. The fourth-order valence-electron chi connectivity index (χ4n) is 2.05. The summed E-state index contributed by atoms with van der Waals surface area (Å²) < 4.78 is 25.5. The zero-order valence-electron chi connectivity index (χ0n) is 11.9. The van der Waals surface area contributed by atoms with E-state index >= 15 is 0 Å². The highest BCUT2D eigenvalue weighted by molar-refractivity contribution is 7.90. The molecule has 0 aromatic heterocycles. The van der Waals surface area contributed by atoms with Gasteiger partial charge in [0.1, 0.15) is 11.4 Å². The predicted molar refractivity (Wildman–Crippen MR) is 77.4 cm³/mol. The molecule has 0 aliphatic carbocycles. The number of carbonyl (C=O) groups is 2. The summed E-state index contributed by atoms with van der Waals surface area (Å²) in [5, 5.41) is 2.56. The van der Waals surface area contributed by atoms with Crippen LogP contribution in [0.15, 0.2) is 29.2 Å². The number of carbonyl (C=O) groups excluding carboxylic acids is 2. The van der Waals surface area contributed by atoms with E-state index in [1.54, 1.807) is 18.2 Å². The minimum absolute atomic E-state index is 0.0235. The van der Waals surface area contributed by atoms with Crippen LogP contribution in [0.25, 0.3) is 0 Å². The molecule has 1 aromatic rings. The van der Waals surface area contributed by atoms with Crippen LogP contribution in [-0.4, -0.2) is 44.8 Å². The summed E-state index contributed by atoms with van der Waals surface area (Å²) >= 11 is 0. The SMILES string of the molecule is CCCNC(=O)CN1C(=O)N(C)c2ccccc2S1(=O)=O. The summed E-state index contributed by atoms with van der Waals surface area (Å²) in [6, 6.07) is 5.47. The molecule has 0 saturated carbocycles. The number of nitrogens with zero attached hydrogens (tertiary/aromatic N) is 2. The first-order chi connectivity index (χ1) is 9.89. The maximum absolute atomic E-state index is 12.5. The average molecular weight is 311 g/mol. The molecular weight excluding hydrogens is 294 g/mol. The molecule has 114 valence electrons. The van der Waals surface area contributed by atoms with Gasteiger partial charge in [0, 0.05) is 13.6 Å². The van der Waals surface area contributed by atoms with Crippen LogP contribution in [0.5, 0.6) is 0 Å². The third-order valence-corrected chi connectivity index (χ3v) is 4.92. The Morgan fingerprint density at radius 3 is 2.62 bits per heavy atom. The number of nitrogens with one attached hydrogen (secondary N) is 1. The van der Waals surface area contributed by atoms with E-state index in [0.29, 0.717) is 16.5 Å². The number of sulfonamides is 1. The van der Waals surface area contributed by atoms with Crippen molar-refractivity contribution >= 4 is 27.6 Å². The molecule has 0 fully saturated rings. The number of rotatable bonds is 4. The lowest BCUT2D eigenvalue weighted by molar-refractivity contribution is -0.120. The fraction of sp³-hybridized carbons (Fsp3) is 0.385. The van der Waals surface area contributed by atoms with Crippen LogP contribution in [0.2, 0.25) is 0 Å².